The van der Waals surface area contributed by atoms with Gasteiger partial charge in [-0.25, -0.2) is 9.97 Å². The van der Waals surface area contributed by atoms with Crippen molar-refractivity contribution in [2.45, 2.75) is 51.4 Å². The Bertz CT molecular complexity index is 1190. The summed E-state index contributed by atoms with van der Waals surface area (Å²) in [4.78, 5) is 22.0. The number of hydrogen-bond donors (Lipinski definition) is 1. The molecule has 0 bridgehead atoms. The van der Waals surface area contributed by atoms with Crippen molar-refractivity contribution in [3.63, 3.8) is 0 Å². The Labute approximate surface area is 198 Å². The Morgan fingerprint density at radius 2 is 2.06 bits per heavy atom. The van der Waals surface area contributed by atoms with Crippen LogP contribution in [0.25, 0.3) is 11.3 Å². The number of thioether (sulfide) groups is 1. The van der Waals surface area contributed by atoms with Gasteiger partial charge >= 0.3 is 0 Å². The molecule has 1 amide bonds. The number of nitriles is 1. The molecule has 1 atom stereocenters. The molecule has 8 heteroatoms. The molecule has 1 aliphatic heterocycles. The van der Waals surface area contributed by atoms with Gasteiger partial charge in [0.15, 0.2) is 5.16 Å². The van der Waals surface area contributed by atoms with Crippen LogP contribution >= 0.6 is 11.8 Å². The Morgan fingerprint density at radius 3 is 2.76 bits per heavy atom. The normalized spacial score (nSPS) is 15.4. The predicted octanol–water partition coefficient (Wildman–Crippen LogP) is 4.65. The summed E-state index contributed by atoms with van der Waals surface area (Å²) in [6.07, 6.45) is 2.12. The van der Waals surface area contributed by atoms with Crippen molar-refractivity contribution in [1.82, 2.24) is 14.5 Å². The number of ether oxygens (including phenoxy) is 1. The van der Waals surface area contributed by atoms with Gasteiger partial charge in [-0.3, -0.25) is 4.79 Å². The van der Waals surface area contributed by atoms with Crippen molar-refractivity contribution < 1.29 is 9.53 Å². The Hall–Kier alpha value is -3.15. The minimum absolute atomic E-state index is 0.101. The number of carbonyl (C=O) groups is 1. The van der Waals surface area contributed by atoms with E-state index in [1.165, 1.54) is 11.8 Å². The highest BCUT2D eigenvalue weighted by molar-refractivity contribution is 7.99. The average molecular weight is 462 g/mol. The number of aromatic nitrogens is 3. The number of nitrogens with zero attached hydrogens (tertiary/aromatic N) is 4. The number of aryl methyl sites for hydroxylation is 1. The summed E-state index contributed by atoms with van der Waals surface area (Å²) in [7, 11) is 0. The van der Waals surface area contributed by atoms with Gasteiger partial charge in [-0.15, -0.1) is 0 Å². The van der Waals surface area contributed by atoms with E-state index >= 15 is 0 Å². The van der Waals surface area contributed by atoms with Crippen LogP contribution in [0.1, 0.15) is 35.4 Å². The number of amides is 1. The van der Waals surface area contributed by atoms with Gasteiger partial charge in [0.05, 0.1) is 29.7 Å². The summed E-state index contributed by atoms with van der Waals surface area (Å²) in [5.41, 5.74) is 5.03. The van der Waals surface area contributed by atoms with E-state index in [1.807, 2.05) is 61.7 Å². The largest absolute Gasteiger partial charge is 0.376 e. The second-order valence-electron chi connectivity index (χ2n) is 8.17. The summed E-state index contributed by atoms with van der Waals surface area (Å²) in [6.45, 7) is 7.19. The van der Waals surface area contributed by atoms with Crippen LogP contribution in [0.15, 0.2) is 41.6 Å². The molecule has 0 spiro atoms. The van der Waals surface area contributed by atoms with Crippen LogP contribution in [-0.4, -0.2) is 38.9 Å². The van der Waals surface area contributed by atoms with Crippen LogP contribution in [0.4, 0.5) is 5.82 Å². The average Bonchev–Trinajstić information content (AvgIpc) is 3.41. The standard InChI is InChI=1S/C25H27N5O2S/c1-16-12-22(19-8-5-4-6-9-19)28-25(27-16)33-15-23(31)29-24-21(13-26)17(2)18(3)30(24)14-20-10-7-11-32-20/h4-6,8-9,12,20H,7,10-11,14-15H2,1-3H3,(H,29,31). The van der Waals surface area contributed by atoms with Crippen LogP contribution in [0.5, 0.6) is 0 Å². The van der Waals surface area contributed by atoms with Crippen molar-refractivity contribution in [2.24, 2.45) is 0 Å². The van der Waals surface area contributed by atoms with Crippen molar-refractivity contribution in [3.8, 4) is 17.3 Å². The summed E-state index contributed by atoms with van der Waals surface area (Å²) in [6, 6.07) is 14.1. The van der Waals surface area contributed by atoms with Gasteiger partial charge in [-0.1, -0.05) is 42.1 Å². The number of rotatable bonds is 7. The molecule has 1 aliphatic rings. The third-order valence-corrected chi connectivity index (χ3v) is 6.69. The molecule has 4 rings (SSSR count). The van der Waals surface area contributed by atoms with E-state index in [0.717, 1.165) is 47.7 Å². The van der Waals surface area contributed by atoms with E-state index in [9.17, 15) is 10.1 Å². The highest BCUT2D eigenvalue weighted by Gasteiger charge is 2.24. The van der Waals surface area contributed by atoms with E-state index in [0.29, 0.717) is 23.1 Å². The first-order valence-electron chi connectivity index (χ1n) is 11.0. The maximum Gasteiger partial charge on any atom is 0.235 e. The molecular weight excluding hydrogens is 434 g/mol. The summed E-state index contributed by atoms with van der Waals surface area (Å²) in [5, 5.41) is 13.2. The number of carbonyl (C=O) groups excluding carboxylic acids is 1. The minimum Gasteiger partial charge on any atom is -0.376 e. The van der Waals surface area contributed by atoms with Crippen LogP contribution in [0, 0.1) is 32.1 Å². The monoisotopic (exact) mass is 461 g/mol. The minimum atomic E-state index is -0.200. The lowest BCUT2D eigenvalue weighted by molar-refractivity contribution is -0.113. The zero-order chi connectivity index (χ0) is 23.4. The van der Waals surface area contributed by atoms with E-state index in [2.05, 4.69) is 21.4 Å². The molecule has 0 aliphatic carbocycles. The SMILES string of the molecule is Cc1cc(-c2ccccc2)nc(SCC(=O)Nc2c(C#N)c(C)c(C)n2CC2CCCO2)n1. The smallest absolute Gasteiger partial charge is 0.235 e. The molecule has 3 heterocycles. The van der Waals surface area contributed by atoms with Crippen LogP contribution in [0.2, 0.25) is 0 Å². The van der Waals surface area contributed by atoms with Crippen molar-refractivity contribution >= 4 is 23.5 Å². The van der Waals surface area contributed by atoms with E-state index in [1.54, 1.807) is 0 Å². The number of hydrogen-bond acceptors (Lipinski definition) is 6. The lowest BCUT2D eigenvalue weighted by atomic mass is 10.1. The van der Waals surface area contributed by atoms with Gasteiger partial charge in [0.2, 0.25) is 5.91 Å². The molecule has 0 saturated carbocycles. The predicted molar refractivity (Wildman–Crippen MR) is 129 cm³/mol. The fourth-order valence-electron chi connectivity index (χ4n) is 4.01. The molecule has 1 N–H and O–H groups in total. The molecule has 170 valence electrons. The lowest BCUT2D eigenvalue weighted by Crippen LogP contribution is -2.22. The van der Waals surface area contributed by atoms with Crippen molar-refractivity contribution in [3.05, 3.63) is 58.9 Å². The number of benzene rings is 1. The zero-order valence-electron chi connectivity index (χ0n) is 19.1. The van der Waals surface area contributed by atoms with Gasteiger partial charge in [0.1, 0.15) is 11.9 Å². The third-order valence-electron chi connectivity index (χ3n) is 5.84. The molecule has 1 saturated heterocycles. The second kappa shape index (κ2) is 10.2. The lowest BCUT2D eigenvalue weighted by Gasteiger charge is -2.16. The van der Waals surface area contributed by atoms with Crippen LogP contribution in [-0.2, 0) is 16.1 Å². The topological polar surface area (TPSA) is 92.8 Å². The maximum atomic E-state index is 12.9. The molecule has 0 radical (unpaired) electrons. The highest BCUT2D eigenvalue weighted by atomic mass is 32.2. The van der Waals surface area contributed by atoms with Gasteiger partial charge in [0.25, 0.3) is 0 Å². The molecule has 33 heavy (non-hydrogen) atoms. The molecule has 1 aromatic carbocycles. The molecule has 1 fully saturated rings. The van der Waals surface area contributed by atoms with Crippen molar-refractivity contribution in [1.29, 1.82) is 5.26 Å². The van der Waals surface area contributed by atoms with Gasteiger partial charge in [-0.2, -0.15) is 5.26 Å². The van der Waals surface area contributed by atoms with Gasteiger partial charge in [-0.05, 0) is 45.2 Å². The Kier molecular flexibility index (Phi) is 7.11. The fraction of sp³-hybridized carbons (Fsp3) is 0.360. The van der Waals surface area contributed by atoms with Gasteiger partial charge in [0, 0.05) is 23.6 Å². The first kappa shape index (κ1) is 23.0. The van der Waals surface area contributed by atoms with E-state index < -0.39 is 0 Å². The molecule has 3 aromatic rings. The highest BCUT2D eigenvalue weighted by Crippen LogP contribution is 2.29. The fourth-order valence-corrected chi connectivity index (χ4v) is 4.72. The van der Waals surface area contributed by atoms with Crippen molar-refractivity contribution in [2.75, 3.05) is 17.7 Å². The Balaban J connectivity index is 1.49. The van der Waals surface area contributed by atoms with E-state index in [-0.39, 0.29) is 17.8 Å². The molecular formula is C25H27N5O2S. The molecule has 7 nitrogen and oxygen atoms in total. The molecule has 1 unspecified atom stereocenters. The molecule has 2 aromatic heterocycles. The summed E-state index contributed by atoms with van der Waals surface area (Å²) >= 11 is 1.28. The van der Waals surface area contributed by atoms with Crippen LogP contribution < -0.4 is 5.32 Å². The summed E-state index contributed by atoms with van der Waals surface area (Å²) in [5.74, 6) is 0.490. The maximum absolute atomic E-state index is 12.9. The Morgan fingerprint density at radius 1 is 1.27 bits per heavy atom. The third kappa shape index (κ3) is 5.27. The van der Waals surface area contributed by atoms with Gasteiger partial charge < -0.3 is 14.6 Å². The second-order valence-corrected chi connectivity index (χ2v) is 9.11. The quantitative estimate of drug-likeness (QED) is 0.407. The number of nitrogens with one attached hydrogen (secondary N) is 1. The number of anilines is 1. The summed E-state index contributed by atoms with van der Waals surface area (Å²) < 4.78 is 7.78. The van der Waals surface area contributed by atoms with E-state index in [4.69, 9.17) is 4.74 Å². The zero-order valence-corrected chi connectivity index (χ0v) is 19.9. The first-order valence-corrected chi connectivity index (χ1v) is 12.0. The first-order chi connectivity index (χ1) is 16.0. The van der Waals surface area contributed by atoms with Crippen LogP contribution in [0.3, 0.4) is 0 Å².